The Morgan fingerprint density at radius 1 is 1.00 bits per heavy atom. The number of esters is 1. The van der Waals surface area contributed by atoms with Crippen molar-refractivity contribution in [3.8, 4) is 0 Å². The molecule has 0 N–H and O–H groups in total. The number of ether oxygens (including phenoxy) is 1. The molecular weight excluding hydrogens is 444 g/mol. The Morgan fingerprint density at radius 2 is 1.81 bits per heavy atom. The average Bonchev–Trinajstić information content (AvgIpc) is 3.22. The van der Waals surface area contributed by atoms with Gasteiger partial charge in [-0.2, -0.15) is 0 Å². The van der Waals surface area contributed by atoms with Gasteiger partial charge in [-0.1, -0.05) is 75.4 Å². The fourth-order valence-corrected chi connectivity index (χ4v) is 8.66. The van der Waals surface area contributed by atoms with E-state index < -0.39 is 5.41 Å². The fourth-order valence-electron chi connectivity index (χ4n) is 8.66. The molecule has 7 atom stereocenters. The first kappa shape index (κ1) is 25.7. The first-order chi connectivity index (χ1) is 17.4. The SMILES string of the molecule is CCCCCCC(C)(C(=O)O[C@H]1CC[C@H]2[C@@H]3CCC4=CC(=O)CC[C@@H]4[C@H]3CC[C@]12C)c1ccccc1. The lowest BCUT2D eigenvalue weighted by molar-refractivity contribution is -0.165. The molecule has 4 aliphatic rings. The van der Waals surface area contributed by atoms with Gasteiger partial charge < -0.3 is 4.74 Å². The third kappa shape index (κ3) is 4.61. The van der Waals surface area contributed by atoms with Gasteiger partial charge in [0.2, 0.25) is 0 Å². The normalized spacial score (nSPS) is 35.1. The van der Waals surface area contributed by atoms with E-state index in [-0.39, 0.29) is 17.5 Å². The van der Waals surface area contributed by atoms with Crippen LogP contribution in [0.15, 0.2) is 42.0 Å². The summed E-state index contributed by atoms with van der Waals surface area (Å²) in [7, 11) is 0. The van der Waals surface area contributed by atoms with Gasteiger partial charge in [-0.05, 0) is 93.6 Å². The Hall–Kier alpha value is -1.90. The minimum absolute atomic E-state index is 0.0150. The van der Waals surface area contributed by atoms with Crippen LogP contribution in [0.25, 0.3) is 0 Å². The minimum Gasteiger partial charge on any atom is -0.461 e. The van der Waals surface area contributed by atoms with E-state index in [2.05, 4.69) is 32.9 Å². The van der Waals surface area contributed by atoms with E-state index in [0.29, 0.717) is 17.6 Å². The molecule has 0 saturated heterocycles. The number of unbranched alkanes of at least 4 members (excludes halogenated alkanes) is 3. The first-order valence-electron chi connectivity index (χ1n) is 14.9. The molecule has 36 heavy (non-hydrogen) atoms. The number of benzene rings is 1. The van der Waals surface area contributed by atoms with Crippen molar-refractivity contribution < 1.29 is 14.3 Å². The Kier molecular flexibility index (Phi) is 7.48. The Bertz CT molecular complexity index is 980. The summed E-state index contributed by atoms with van der Waals surface area (Å²) in [5, 5.41) is 0. The largest absolute Gasteiger partial charge is 0.461 e. The predicted molar refractivity (Wildman–Crippen MR) is 145 cm³/mol. The van der Waals surface area contributed by atoms with E-state index in [1.807, 2.05) is 24.3 Å². The predicted octanol–water partition coefficient (Wildman–Crippen LogP) is 7.97. The molecule has 5 rings (SSSR count). The number of hydrogen-bond acceptors (Lipinski definition) is 3. The second-order valence-electron chi connectivity index (χ2n) is 12.8. The van der Waals surface area contributed by atoms with Gasteiger partial charge in [0.1, 0.15) is 6.10 Å². The summed E-state index contributed by atoms with van der Waals surface area (Å²) in [6, 6.07) is 10.3. The zero-order valence-electron chi connectivity index (χ0n) is 22.8. The molecule has 0 radical (unpaired) electrons. The quantitative estimate of drug-likeness (QED) is 0.274. The van der Waals surface area contributed by atoms with Crippen LogP contribution in [-0.2, 0) is 19.7 Å². The summed E-state index contributed by atoms with van der Waals surface area (Å²) >= 11 is 0. The van der Waals surface area contributed by atoms with E-state index in [1.54, 1.807) is 0 Å². The van der Waals surface area contributed by atoms with Crippen molar-refractivity contribution in [2.24, 2.45) is 29.1 Å². The number of ketones is 1. The molecule has 1 aromatic carbocycles. The van der Waals surface area contributed by atoms with Gasteiger partial charge in [0.25, 0.3) is 0 Å². The lowest BCUT2D eigenvalue weighted by atomic mass is 9.52. The molecule has 0 aliphatic heterocycles. The maximum atomic E-state index is 13.9. The Morgan fingerprint density at radius 3 is 2.58 bits per heavy atom. The van der Waals surface area contributed by atoms with Gasteiger partial charge in [0, 0.05) is 11.8 Å². The van der Waals surface area contributed by atoms with E-state index in [4.69, 9.17) is 4.74 Å². The number of carbonyl (C=O) groups excluding carboxylic acids is 2. The molecule has 0 aromatic heterocycles. The van der Waals surface area contributed by atoms with E-state index >= 15 is 0 Å². The molecule has 0 heterocycles. The van der Waals surface area contributed by atoms with Gasteiger partial charge in [-0.3, -0.25) is 9.59 Å². The number of allylic oxidation sites excluding steroid dienone is 1. The van der Waals surface area contributed by atoms with Crippen molar-refractivity contribution in [2.45, 2.75) is 116 Å². The van der Waals surface area contributed by atoms with Gasteiger partial charge in [0.05, 0.1) is 5.41 Å². The molecule has 4 aliphatic carbocycles. The van der Waals surface area contributed by atoms with Gasteiger partial charge >= 0.3 is 5.97 Å². The molecule has 3 fully saturated rings. The van der Waals surface area contributed by atoms with Crippen LogP contribution in [-0.4, -0.2) is 17.9 Å². The summed E-state index contributed by atoms with van der Waals surface area (Å²) in [5.41, 5.74) is 2.04. The third-order valence-electron chi connectivity index (χ3n) is 10.9. The molecule has 3 heteroatoms. The molecular formula is C33H46O3. The highest BCUT2D eigenvalue weighted by atomic mass is 16.5. The van der Waals surface area contributed by atoms with Gasteiger partial charge in [-0.15, -0.1) is 0 Å². The third-order valence-corrected chi connectivity index (χ3v) is 10.9. The maximum absolute atomic E-state index is 13.9. The van der Waals surface area contributed by atoms with Crippen molar-refractivity contribution in [3.05, 3.63) is 47.5 Å². The molecule has 0 amide bonds. The van der Waals surface area contributed by atoms with Crippen molar-refractivity contribution in [1.29, 1.82) is 0 Å². The van der Waals surface area contributed by atoms with Crippen LogP contribution in [0.4, 0.5) is 0 Å². The molecule has 1 unspecified atom stereocenters. The summed E-state index contributed by atoms with van der Waals surface area (Å²) in [5.74, 6) is 3.03. The molecule has 0 spiro atoms. The Balaban J connectivity index is 1.31. The summed E-state index contributed by atoms with van der Waals surface area (Å²) in [6.45, 7) is 6.77. The zero-order valence-corrected chi connectivity index (χ0v) is 22.8. The number of carbonyl (C=O) groups is 2. The van der Waals surface area contributed by atoms with Crippen molar-refractivity contribution in [2.75, 3.05) is 0 Å². The summed E-state index contributed by atoms with van der Waals surface area (Å²) < 4.78 is 6.57. The van der Waals surface area contributed by atoms with Gasteiger partial charge in [-0.25, -0.2) is 0 Å². The van der Waals surface area contributed by atoms with Crippen LogP contribution in [0.2, 0.25) is 0 Å². The lowest BCUT2D eigenvalue weighted by Crippen LogP contribution is -2.49. The number of fused-ring (bicyclic) bond motifs is 5. The highest BCUT2D eigenvalue weighted by molar-refractivity contribution is 5.91. The minimum atomic E-state index is -0.584. The number of hydrogen-bond donors (Lipinski definition) is 0. The van der Waals surface area contributed by atoms with Gasteiger partial charge in [0.15, 0.2) is 5.78 Å². The standard InChI is InChI=1S/C33H46O3/c1-4-5-6-10-20-32(2,24-11-8-7-9-12-24)31(35)36-30-18-17-29-28-15-13-23-22-25(34)14-16-26(23)27(28)19-21-33(29,30)3/h7-9,11-12,22,26-30H,4-6,10,13-21H2,1-3H3/t26-,27+,28+,29-,30-,32?,33-/m0/s1. The fraction of sp³-hybridized carbons (Fsp3) is 0.697. The highest BCUT2D eigenvalue weighted by Gasteiger charge is 2.58. The molecule has 0 bridgehead atoms. The molecule has 196 valence electrons. The first-order valence-corrected chi connectivity index (χ1v) is 14.9. The Labute approximate surface area is 218 Å². The monoisotopic (exact) mass is 490 g/mol. The van der Waals surface area contributed by atoms with E-state index in [1.165, 1.54) is 44.1 Å². The summed E-state index contributed by atoms with van der Waals surface area (Å²) in [6.07, 6.45) is 16.1. The molecule has 1 aromatic rings. The van der Waals surface area contributed by atoms with E-state index in [0.717, 1.165) is 62.3 Å². The highest BCUT2D eigenvalue weighted by Crippen LogP contribution is 2.62. The van der Waals surface area contributed by atoms with Crippen LogP contribution in [0.1, 0.15) is 110 Å². The topological polar surface area (TPSA) is 43.4 Å². The van der Waals surface area contributed by atoms with Crippen LogP contribution >= 0.6 is 0 Å². The summed E-state index contributed by atoms with van der Waals surface area (Å²) in [4.78, 5) is 26.0. The second kappa shape index (κ2) is 10.5. The van der Waals surface area contributed by atoms with Crippen molar-refractivity contribution in [3.63, 3.8) is 0 Å². The van der Waals surface area contributed by atoms with Crippen LogP contribution in [0.3, 0.4) is 0 Å². The average molecular weight is 491 g/mol. The van der Waals surface area contributed by atoms with E-state index in [9.17, 15) is 9.59 Å². The van der Waals surface area contributed by atoms with Crippen LogP contribution < -0.4 is 0 Å². The molecule has 3 nitrogen and oxygen atoms in total. The lowest BCUT2D eigenvalue weighted by Gasteiger charge is -2.53. The van der Waals surface area contributed by atoms with Crippen molar-refractivity contribution in [1.82, 2.24) is 0 Å². The number of rotatable bonds is 8. The van der Waals surface area contributed by atoms with Crippen LogP contribution in [0.5, 0.6) is 0 Å². The zero-order chi connectivity index (χ0) is 25.3. The van der Waals surface area contributed by atoms with Crippen LogP contribution in [0, 0.1) is 29.1 Å². The second-order valence-corrected chi connectivity index (χ2v) is 12.8. The maximum Gasteiger partial charge on any atom is 0.316 e. The smallest absolute Gasteiger partial charge is 0.316 e. The van der Waals surface area contributed by atoms with Crippen molar-refractivity contribution >= 4 is 11.8 Å². The molecule has 3 saturated carbocycles.